The second-order valence-corrected chi connectivity index (χ2v) is 11.0. The van der Waals surface area contributed by atoms with E-state index in [1.807, 2.05) is 17.0 Å². The summed E-state index contributed by atoms with van der Waals surface area (Å²) in [6, 6.07) is 13.3. The number of carbonyl (C=O) groups is 2. The maximum Gasteiger partial charge on any atom is 0.389 e. The molecule has 2 aromatic carbocycles. The Bertz CT molecular complexity index is 1160. The lowest BCUT2D eigenvalue weighted by Crippen LogP contribution is -2.43. The summed E-state index contributed by atoms with van der Waals surface area (Å²) in [6.07, 6.45) is -0.523. The Kier molecular flexibility index (Phi) is 7.05. The molecule has 1 saturated heterocycles. The molecule has 0 unspecified atom stereocenters. The van der Waals surface area contributed by atoms with Crippen LogP contribution in [0.25, 0.3) is 0 Å². The van der Waals surface area contributed by atoms with Crippen LogP contribution >= 0.6 is 0 Å². The smallest absolute Gasteiger partial charge is 0.389 e. The number of carbonyl (C=O) groups excluding carboxylic acids is 2. The summed E-state index contributed by atoms with van der Waals surface area (Å²) >= 11 is 0. The second kappa shape index (κ2) is 10.2. The third kappa shape index (κ3) is 5.47. The first-order valence-electron chi connectivity index (χ1n) is 13.3. The molecule has 3 aliphatic rings. The van der Waals surface area contributed by atoms with Crippen molar-refractivity contribution in [2.24, 2.45) is 11.3 Å². The van der Waals surface area contributed by atoms with Gasteiger partial charge in [-0.15, -0.1) is 0 Å². The highest BCUT2D eigenvalue weighted by Crippen LogP contribution is 2.54. The highest BCUT2D eigenvalue weighted by Gasteiger charge is 2.57. The van der Waals surface area contributed by atoms with Crippen molar-refractivity contribution in [2.75, 3.05) is 26.2 Å². The minimum absolute atomic E-state index is 0.0434. The molecular weight excluding hydrogens is 497 g/mol. The molecule has 2 N–H and O–H groups in total. The third-order valence-electron chi connectivity index (χ3n) is 8.50. The van der Waals surface area contributed by atoms with Crippen molar-refractivity contribution in [3.05, 3.63) is 59.7 Å². The third-order valence-corrected chi connectivity index (χ3v) is 8.50. The first kappa shape index (κ1) is 26.4. The number of phenols is 1. The Labute approximate surface area is 220 Å². The summed E-state index contributed by atoms with van der Waals surface area (Å²) in [5.41, 5.74) is 0.770. The quantitative estimate of drug-likeness (QED) is 0.437. The SMILES string of the molecule is O=C(NC[C@]12CCC[C@H]1CN(C(=O)C1(c3ccc(O)cc3)CC1)C2)c1ccc(OCCCC(F)(F)F)cc1. The van der Waals surface area contributed by atoms with E-state index in [1.54, 1.807) is 36.4 Å². The van der Waals surface area contributed by atoms with Gasteiger partial charge in [0.25, 0.3) is 5.91 Å². The number of fused-ring (bicyclic) bond motifs is 1. The van der Waals surface area contributed by atoms with Gasteiger partial charge < -0.3 is 20.1 Å². The van der Waals surface area contributed by atoms with Crippen LogP contribution in [0.2, 0.25) is 0 Å². The number of aromatic hydroxyl groups is 1. The molecular formula is C29H33F3N2O4. The molecule has 2 atom stereocenters. The molecule has 2 aliphatic carbocycles. The van der Waals surface area contributed by atoms with Crippen LogP contribution in [0, 0.1) is 11.3 Å². The molecule has 0 aromatic heterocycles. The van der Waals surface area contributed by atoms with Crippen molar-refractivity contribution in [3.63, 3.8) is 0 Å². The van der Waals surface area contributed by atoms with Crippen molar-refractivity contribution < 1.29 is 32.6 Å². The molecule has 3 fully saturated rings. The van der Waals surface area contributed by atoms with E-state index >= 15 is 0 Å². The number of nitrogens with zero attached hydrogens (tertiary/aromatic N) is 1. The molecule has 0 spiro atoms. The topological polar surface area (TPSA) is 78.9 Å². The van der Waals surface area contributed by atoms with Crippen LogP contribution in [0.1, 0.15) is 60.9 Å². The van der Waals surface area contributed by atoms with Crippen LogP contribution in [0.3, 0.4) is 0 Å². The van der Waals surface area contributed by atoms with E-state index in [0.29, 0.717) is 36.9 Å². The number of benzene rings is 2. The van der Waals surface area contributed by atoms with E-state index in [0.717, 1.165) is 37.7 Å². The van der Waals surface area contributed by atoms with Gasteiger partial charge in [-0.1, -0.05) is 18.6 Å². The fraction of sp³-hybridized carbons (Fsp3) is 0.517. The number of hydrogen-bond donors (Lipinski definition) is 2. The number of alkyl halides is 3. The van der Waals surface area contributed by atoms with Crippen molar-refractivity contribution in [1.82, 2.24) is 10.2 Å². The second-order valence-electron chi connectivity index (χ2n) is 11.0. The molecule has 9 heteroatoms. The first-order valence-corrected chi connectivity index (χ1v) is 13.3. The molecule has 1 aliphatic heterocycles. The van der Waals surface area contributed by atoms with Gasteiger partial charge in [-0.2, -0.15) is 13.2 Å². The number of phenolic OH excluding ortho intramolecular Hbond substituents is 1. The number of halogens is 3. The van der Waals surface area contributed by atoms with E-state index in [2.05, 4.69) is 5.32 Å². The van der Waals surface area contributed by atoms with Gasteiger partial charge in [0.15, 0.2) is 0 Å². The fourth-order valence-electron chi connectivity index (χ4n) is 6.22. The Morgan fingerprint density at radius 3 is 2.42 bits per heavy atom. The summed E-state index contributed by atoms with van der Waals surface area (Å²) < 4.78 is 42.1. The van der Waals surface area contributed by atoms with Gasteiger partial charge in [0.05, 0.1) is 12.0 Å². The zero-order valence-electron chi connectivity index (χ0n) is 21.2. The van der Waals surface area contributed by atoms with Crippen LogP contribution in [0.4, 0.5) is 13.2 Å². The lowest BCUT2D eigenvalue weighted by Gasteiger charge is -2.30. The number of amides is 2. The van der Waals surface area contributed by atoms with Crippen LogP contribution in [-0.2, 0) is 10.2 Å². The molecule has 0 bridgehead atoms. The number of hydrogen-bond acceptors (Lipinski definition) is 4. The molecule has 2 aromatic rings. The zero-order valence-corrected chi connectivity index (χ0v) is 21.2. The van der Waals surface area contributed by atoms with Crippen LogP contribution < -0.4 is 10.1 Å². The maximum absolute atomic E-state index is 13.6. The van der Waals surface area contributed by atoms with Gasteiger partial charge in [-0.05, 0) is 80.0 Å². The summed E-state index contributed by atoms with van der Waals surface area (Å²) in [5, 5.41) is 12.7. The zero-order chi connectivity index (χ0) is 27.0. The Morgan fingerprint density at radius 1 is 1.05 bits per heavy atom. The highest BCUT2D eigenvalue weighted by molar-refractivity contribution is 5.94. The Morgan fingerprint density at radius 2 is 1.76 bits per heavy atom. The number of rotatable bonds is 9. The van der Waals surface area contributed by atoms with Gasteiger partial charge in [-0.25, -0.2) is 0 Å². The standard InChI is InChI=1S/C29H33F3N2O4/c30-29(31,32)13-2-16-38-24-10-4-20(5-11-24)25(36)33-18-27-12-1-3-22(27)17-34(19-27)26(37)28(14-15-28)21-6-8-23(35)9-7-21/h4-11,22,35H,1-3,12-19H2,(H,33,36)/t22-,27-/m0/s1. The normalized spacial score (nSPS) is 23.7. The first-order chi connectivity index (χ1) is 18.1. The van der Waals surface area contributed by atoms with Crippen molar-refractivity contribution in [3.8, 4) is 11.5 Å². The van der Waals surface area contributed by atoms with Crippen molar-refractivity contribution >= 4 is 11.8 Å². The predicted octanol–water partition coefficient (Wildman–Crippen LogP) is 5.20. The van der Waals surface area contributed by atoms with Gasteiger partial charge in [0.1, 0.15) is 11.5 Å². The minimum atomic E-state index is -4.20. The lowest BCUT2D eigenvalue weighted by atomic mass is 9.80. The van der Waals surface area contributed by atoms with Gasteiger partial charge in [-0.3, -0.25) is 9.59 Å². The van der Waals surface area contributed by atoms with Crippen LogP contribution in [-0.4, -0.2) is 54.2 Å². The average Bonchev–Trinajstić information content (AvgIpc) is 3.48. The molecule has 6 nitrogen and oxygen atoms in total. The van der Waals surface area contributed by atoms with E-state index in [9.17, 15) is 27.9 Å². The van der Waals surface area contributed by atoms with Gasteiger partial charge in [0, 0.05) is 37.0 Å². The predicted molar refractivity (Wildman–Crippen MR) is 135 cm³/mol. The number of nitrogens with one attached hydrogen (secondary N) is 1. The molecule has 0 radical (unpaired) electrons. The minimum Gasteiger partial charge on any atom is -0.508 e. The highest BCUT2D eigenvalue weighted by atomic mass is 19.4. The van der Waals surface area contributed by atoms with Crippen molar-refractivity contribution in [2.45, 2.75) is 56.5 Å². The summed E-state index contributed by atoms with van der Waals surface area (Å²) in [4.78, 5) is 28.5. The summed E-state index contributed by atoms with van der Waals surface area (Å²) in [7, 11) is 0. The molecule has 2 amide bonds. The van der Waals surface area contributed by atoms with E-state index in [4.69, 9.17) is 4.74 Å². The fourth-order valence-corrected chi connectivity index (χ4v) is 6.22. The van der Waals surface area contributed by atoms with Gasteiger partial charge >= 0.3 is 6.18 Å². The molecule has 5 rings (SSSR count). The molecule has 2 saturated carbocycles. The Hall–Kier alpha value is -3.23. The maximum atomic E-state index is 13.6. The molecule has 38 heavy (non-hydrogen) atoms. The Balaban J connectivity index is 1.16. The average molecular weight is 531 g/mol. The van der Waals surface area contributed by atoms with Crippen LogP contribution in [0.5, 0.6) is 11.5 Å². The van der Waals surface area contributed by atoms with E-state index in [-0.39, 0.29) is 36.0 Å². The molecule has 204 valence electrons. The van der Waals surface area contributed by atoms with E-state index in [1.165, 1.54) is 0 Å². The monoisotopic (exact) mass is 530 g/mol. The number of likely N-dealkylation sites (tertiary alicyclic amines) is 1. The number of ether oxygens (including phenoxy) is 1. The lowest BCUT2D eigenvalue weighted by molar-refractivity contribution is -0.136. The van der Waals surface area contributed by atoms with Gasteiger partial charge in [0.2, 0.25) is 5.91 Å². The molecule has 1 heterocycles. The van der Waals surface area contributed by atoms with Crippen LogP contribution in [0.15, 0.2) is 48.5 Å². The summed E-state index contributed by atoms with van der Waals surface area (Å²) in [6.45, 7) is 1.77. The largest absolute Gasteiger partial charge is 0.508 e. The van der Waals surface area contributed by atoms with Crippen molar-refractivity contribution in [1.29, 1.82) is 0 Å². The van der Waals surface area contributed by atoms with E-state index < -0.39 is 18.0 Å². The summed E-state index contributed by atoms with van der Waals surface area (Å²) in [5.74, 6) is 0.876.